The Morgan fingerprint density at radius 3 is 0.833 bits per heavy atom. The predicted octanol–water partition coefficient (Wildman–Crippen LogP) is -1.32. The Balaban J connectivity index is -0.00000000500. The van der Waals surface area contributed by atoms with E-state index in [2.05, 4.69) is 13.8 Å². The van der Waals surface area contributed by atoms with E-state index in [0.29, 0.717) is 0 Å². The second-order valence-corrected chi connectivity index (χ2v) is 0. The first-order valence-electron chi connectivity index (χ1n) is 1.41. The molecule has 0 amide bonds. The van der Waals surface area contributed by atoms with Gasteiger partial charge in [0.05, 0.1) is 0 Å². The van der Waals surface area contributed by atoms with Gasteiger partial charge in [0, 0.05) is 0 Å². The van der Waals surface area contributed by atoms with Crippen LogP contribution >= 0.6 is 0 Å². The van der Waals surface area contributed by atoms with Crippen molar-refractivity contribution in [2.75, 3.05) is 0 Å². The van der Waals surface area contributed by atoms with Crippen LogP contribution in [0.5, 0.6) is 0 Å². The monoisotopic (exact) mass is 334 g/mol. The van der Waals surface area contributed by atoms with Gasteiger partial charge in [-0.2, -0.15) is 0 Å². The number of rotatable bonds is 0. The molecule has 0 rings (SSSR count). The quantitative estimate of drug-likeness (QED) is 0.482. The zero-order chi connectivity index (χ0) is 4.00. The molecule has 0 nitrogen and oxygen atoms in total. The van der Waals surface area contributed by atoms with Gasteiger partial charge in [-0.25, -0.2) is 0 Å². The molecule has 0 spiro atoms. The molecule has 0 aromatic rings. The summed E-state index contributed by atoms with van der Waals surface area (Å²) in [5, 5.41) is 0. The minimum Gasteiger partial charge on any atom is -1.00 e. The van der Waals surface area contributed by atoms with E-state index in [1.165, 1.54) is 0 Å². The molecule has 0 aliphatic rings. The molecule has 0 aliphatic carbocycles. The van der Waals surface area contributed by atoms with E-state index in [-0.39, 0.29) is 39.4 Å². The topological polar surface area (TPSA) is 0 Å². The standard InChI is InChI=1S/2C2H5.Au.BrH/c2*1-2;;/h2*1H2,2H3;;1H/q;;+1;/p-1. The van der Waals surface area contributed by atoms with E-state index >= 15 is 0 Å². The molecule has 6 heavy (non-hydrogen) atoms. The summed E-state index contributed by atoms with van der Waals surface area (Å²) in [4.78, 5) is 0. The van der Waals surface area contributed by atoms with Gasteiger partial charge in [-0.3, -0.25) is 0 Å². The summed E-state index contributed by atoms with van der Waals surface area (Å²) in [6.45, 7) is 10.0. The summed E-state index contributed by atoms with van der Waals surface area (Å²) in [6.07, 6.45) is 0. The molecule has 0 heterocycles. The van der Waals surface area contributed by atoms with Crippen molar-refractivity contribution in [2.24, 2.45) is 0 Å². The van der Waals surface area contributed by atoms with Gasteiger partial charge < -0.3 is 17.0 Å². The molecule has 2 radical (unpaired) electrons. The van der Waals surface area contributed by atoms with Crippen molar-refractivity contribution in [3.63, 3.8) is 0 Å². The second-order valence-electron chi connectivity index (χ2n) is 0. The molecule has 0 saturated heterocycles. The van der Waals surface area contributed by atoms with Crippen LogP contribution in [0.15, 0.2) is 0 Å². The number of hydrogen-bond donors (Lipinski definition) is 0. The van der Waals surface area contributed by atoms with Crippen molar-refractivity contribution in [3.05, 3.63) is 13.8 Å². The largest absolute Gasteiger partial charge is 1.00 e. The van der Waals surface area contributed by atoms with E-state index < -0.39 is 0 Å². The average molecular weight is 335 g/mol. The van der Waals surface area contributed by atoms with E-state index in [4.69, 9.17) is 0 Å². The molecule has 44 valence electrons. The molecule has 2 heteroatoms. The molecule has 0 fully saturated rings. The van der Waals surface area contributed by atoms with Gasteiger partial charge in [-0.1, -0.05) is 27.7 Å². The molecular weight excluding hydrogens is 325 g/mol. The maximum atomic E-state index is 3.25. The fraction of sp³-hybridized carbons (Fsp3) is 0.500. The first kappa shape index (κ1) is 26.9. The Morgan fingerprint density at radius 1 is 0.833 bits per heavy atom. The van der Waals surface area contributed by atoms with Crippen molar-refractivity contribution in [2.45, 2.75) is 13.8 Å². The Morgan fingerprint density at radius 2 is 0.833 bits per heavy atom. The van der Waals surface area contributed by atoms with Crippen molar-refractivity contribution in [1.29, 1.82) is 0 Å². The zero-order valence-electron chi connectivity index (χ0n) is 4.09. The predicted molar refractivity (Wildman–Crippen MR) is 22.1 cm³/mol. The van der Waals surface area contributed by atoms with Crippen LogP contribution in [-0.2, 0) is 22.4 Å². The Kier molecular flexibility index (Phi) is 511. The fourth-order valence-corrected chi connectivity index (χ4v) is 0. The van der Waals surface area contributed by atoms with Crippen LogP contribution in [0.3, 0.4) is 0 Å². The third-order valence-electron chi connectivity index (χ3n) is 0. The molecule has 0 aliphatic heterocycles. The molecule has 0 aromatic carbocycles. The maximum Gasteiger partial charge on any atom is 1.00 e. The van der Waals surface area contributed by atoms with Gasteiger partial charge in [0.2, 0.25) is 0 Å². The first-order chi connectivity index (χ1) is 2.00. The van der Waals surface area contributed by atoms with Gasteiger partial charge in [-0.15, -0.1) is 0 Å². The van der Waals surface area contributed by atoms with E-state index in [1.807, 2.05) is 0 Å². The number of hydrogen-bond acceptors (Lipinski definition) is 0. The molecule has 0 aromatic heterocycles. The molecule has 0 N–H and O–H groups in total. The molecule has 0 atom stereocenters. The van der Waals surface area contributed by atoms with Crippen LogP contribution in [-0.4, -0.2) is 0 Å². The molecular formula is C4H10AuBr. The molecule has 0 bridgehead atoms. The van der Waals surface area contributed by atoms with Gasteiger partial charge in [0.1, 0.15) is 0 Å². The van der Waals surface area contributed by atoms with E-state index in [0.717, 1.165) is 0 Å². The smallest absolute Gasteiger partial charge is 1.00 e. The minimum absolute atomic E-state index is 0. The fourth-order valence-electron chi connectivity index (χ4n) is 0. The van der Waals surface area contributed by atoms with Crippen LogP contribution in [0.2, 0.25) is 0 Å². The van der Waals surface area contributed by atoms with E-state index in [9.17, 15) is 0 Å². The normalized spacial score (nSPS) is 2.00. The number of halogens is 1. The Labute approximate surface area is 67.0 Å². The summed E-state index contributed by atoms with van der Waals surface area (Å²) in [6, 6.07) is 0. The van der Waals surface area contributed by atoms with Gasteiger partial charge >= 0.3 is 22.4 Å². The van der Waals surface area contributed by atoms with E-state index in [1.54, 1.807) is 13.8 Å². The summed E-state index contributed by atoms with van der Waals surface area (Å²) >= 11 is 0. The first-order valence-corrected chi connectivity index (χ1v) is 1.41. The van der Waals surface area contributed by atoms with Crippen molar-refractivity contribution < 1.29 is 39.4 Å². The summed E-state index contributed by atoms with van der Waals surface area (Å²) < 4.78 is 0. The SMILES string of the molecule is [Au+].[Br-].[CH2]C.[CH2]C. The van der Waals surface area contributed by atoms with Crippen molar-refractivity contribution >= 4 is 0 Å². The summed E-state index contributed by atoms with van der Waals surface area (Å²) in [7, 11) is 0. The third-order valence-corrected chi connectivity index (χ3v) is 0. The summed E-state index contributed by atoms with van der Waals surface area (Å²) in [5.74, 6) is 0. The van der Waals surface area contributed by atoms with Crippen LogP contribution in [0.1, 0.15) is 13.8 Å². The van der Waals surface area contributed by atoms with Crippen LogP contribution in [0.25, 0.3) is 0 Å². The van der Waals surface area contributed by atoms with Gasteiger partial charge in [0.25, 0.3) is 0 Å². The molecule has 0 unspecified atom stereocenters. The maximum absolute atomic E-state index is 3.25. The minimum atomic E-state index is 0. The van der Waals surface area contributed by atoms with Crippen LogP contribution < -0.4 is 17.0 Å². The molecule has 0 saturated carbocycles. The van der Waals surface area contributed by atoms with Gasteiger partial charge in [0.15, 0.2) is 0 Å². The van der Waals surface area contributed by atoms with Gasteiger partial charge in [-0.05, 0) is 0 Å². The third kappa shape index (κ3) is 62.4. The average Bonchev–Trinajstić information content (AvgIpc) is 1.50. The Bertz CT molecular complexity index is 7.51. The second kappa shape index (κ2) is 114. The summed E-state index contributed by atoms with van der Waals surface area (Å²) in [5.41, 5.74) is 0. The van der Waals surface area contributed by atoms with Crippen molar-refractivity contribution in [1.82, 2.24) is 0 Å². The zero-order valence-corrected chi connectivity index (χ0v) is 7.85. The van der Waals surface area contributed by atoms with Crippen LogP contribution in [0, 0.1) is 13.8 Å². The van der Waals surface area contributed by atoms with Crippen molar-refractivity contribution in [3.8, 4) is 0 Å². The van der Waals surface area contributed by atoms with Crippen LogP contribution in [0.4, 0.5) is 0 Å². The Hall–Kier alpha value is 1.22.